The molecule has 0 spiro atoms. The first-order valence-corrected chi connectivity index (χ1v) is 7.53. The average molecular weight is 262 g/mol. The summed E-state index contributed by atoms with van der Waals surface area (Å²) in [6.07, 6.45) is 6.59. The summed E-state index contributed by atoms with van der Waals surface area (Å²) in [5, 5.41) is 3.67. The predicted molar refractivity (Wildman–Crippen MR) is 81.7 cm³/mol. The maximum atomic E-state index is 5.91. The number of anilines is 2. The highest BCUT2D eigenvalue weighted by atomic mass is 16.5. The molecular weight excluding hydrogens is 236 g/mol. The van der Waals surface area contributed by atoms with Crippen molar-refractivity contribution in [1.82, 2.24) is 0 Å². The molecule has 1 aromatic carbocycles. The van der Waals surface area contributed by atoms with Crippen molar-refractivity contribution in [1.29, 1.82) is 0 Å². The SMILES string of the molecule is CCOc1cc(NC2CCCCC2CC)ccc1N. The van der Waals surface area contributed by atoms with E-state index in [1.54, 1.807) is 0 Å². The summed E-state index contributed by atoms with van der Waals surface area (Å²) >= 11 is 0. The van der Waals surface area contributed by atoms with Gasteiger partial charge in [0.25, 0.3) is 0 Å². The van der Waals surface area contributed by atoms with Crippen LogP contribution in [-0.4, -0.2) is 12.6 Å². The van der Waals surface area contributed by atoms with Crippen molar-refractivity contribution in [3.8, 4) is 5.75 Å². The molecule has 19 heavy (non-hydrogen) atoms. The lowest BCUT2D eigenvalue weighted by Gasteiger charge is -2.32. The van der Waals surface area contributed by atoms with Crippen molar-refractivity contribution in [3.05, 3.63) is 18.2 Å². The second-order valence-electron chi connectivity index (χ2n) is 5.39. The lowest BCUT2D eigenvalue weighted by atomic mass is 9.83. The molecule has 0 saturated heterocycles. The van der Waals surface area contributed by atoms with Gasteiger partial charge in [0.15, 0.2) is 0 Å². The fourth-order valence-corrected chi connectivity index (χ4v) is 3.01. The molecule has 1 aliphatic rings. The minimum Gasteiger partial charge on any atom is -0.492 e. The Labute approximate surface area is 116 Å². The Kier molecular flexibility index (Phi) is 4.94. The lowest BCUT2D eigenvalue weighted by molar-refractivity contribution is 0.317. The minimum atomic E-state index is 0.594. The highest BCUT2D eigenvalue weighted by molar-refractivity contribution is 5.61. The van der Waals surface area contributed by atoms with Gasteiger partial charge in [0.1, 0.15) is 5.75 Å². The van der Waals surface area contributed by atoms with E-state index in [2.05, 4.69) is 18.3 Å². The van der Waals surface area contributed by atoms with E-state index >= 15 is 0 Å². The number of rotatable bonds is 5. The molecule has 0 radical (unpaired) electrons. The third kappa shape index (κ3) is 3.55. The zero-order valence-electron chi connectivity index (χ0n) is 12.1. The Morgan fingerprint density at radius 2 is 2.05 bits per heavy atom. The van der Waals surface area contributed by atoms with Crippen molar-refractivity contribution in [2.45, 2.75) is 52.0 Å². The molecule has 0 aliphatic heterocycles. The molecule has 0 amide bonds. The largest absolute Gasteiger partial charge is 0.492 e. The summed E-state index contributed by atoms with van der Waals surface area (Å²) in [6.45, 7) is 4.92. The topological polar surface area (TPSA) is 47.3 Å². The van der Waals surface area contributed by atoms with Crippen LogP contribution in [0.2, 0.25) is 0 Å². The maximum absolute atomic E-state index is 5.91. The molecule has 2 rings (SSSR count). The van der Waals surface area contributed by atoms with Gasteiger partial charge in [0, 0.05) is 17.8 Å². The Bertz CT molecular complexity index is 406. The van der Waals surface area contributed by atoms with Crippen molar-refractivity contribution in [3.63, 3.8) is 0 Å². The average Bonchev–Trinajstić information content (AvgIpc) is 2.43. The van der Waals surface area contributed by atoms with Crippen LogP contribution in [0.5, 0.6) is 5.75 Å². The van der Waals surface area contributed by atoms with Crippen molar-refractivity contribution in [2.75, 3.05) is 17.7 Å². The fraction of sp³-hybridized carbons (Fsp3) is 0.625. The molecule has 1 fully saturated rings. The van der Waals surface area contributed by atoms with E-state index in [1.165, 1.54) is 32.1 Å². The molecule has 1 aromatic rings. The predicted octanol–water partition coefficient (Wildman–Crippen LogP) is 4.05. The Hall–Kier alpha value is -1.38. The van der Waals surface area contributed by atoms with Gasteiger partial charge in [-0.1, -0.05) is 26.2 Å². The standard InChI is InChI=1S/C16H26N2O/c1-3-12-7-5-6-8-15(12)18-13-9-10-14(17)16(11-13)19-4-2/h9-12,15,18H,3-8,17H2,1-2H3. The van der Waals surface area contributed by atoms with E-state index < -0.39 is 0 Å². The van der Waals surface area contributed by atoms with Crippen LogP contribution in [0.3, 0.4) is 0 Å². The molecule has 0 aromatic heterocycles. The summed E-state index contributed by atoms with van der Waals surface area (Å²) in [4.78, 5) is 0. The highest BCUT2D eigenvalue weighted by Gasteiger charge is 2.23. The maximum Gasteiger partial charge on any atom is 0.144 e. The van der Waals surface area contributed by atoms with E-state index in [9.17, 15) is 0 Å². The number of nitrogen functional groups attached to an aromatic ring is 1. The van der Waals surface area contributed by atoms with Gasteiger partial charge in [-0.05, 0) is 37.8 Å². The van der Waals surface area contributed by atoms with Crippen LogP contribution in [0, 0.1) is 5.92 Å². The van der Waals surface area contributed by atoms with Gasteiger partial charge in [-0.3, -0.25) is 0 Å². The van der Waals surface area contributed by atoms with Crippen LogP contribution in [-0.2, 0) is 0 Å². The van der Waals surface area contributed by atoms with Crippen LogP contribution in [0.4, 0.5) is 11.4 Å². The second kappa shape index (κ2) is 6.69. The van der Waals surface area contributed by atoms with Crippen LogP contribution < -0.4 is 15.8 Å². The van der Waals surface area contributed by atoms with E-state index in [4.69, 9.17) is 10.5 Å². The van der Waals surface area contributed by atoms with E-state index in [0.717, 1.165) is 17.4 Å². The van der Waals surface area contributed by atoms with Crippen LogP contribution in [0.15, 0.2) is 18.2 Å². The van der Waals surface area contributed by atoms with E-state index in [0.29, 0.717) is 18.3 Å². The number of nitrogens with two attached hydrogens (primary N) is 1. The summed E-state index contributed by atoms with van der Waals surface area (Å²) in [5.41, 5.74) is 7.75. The van der Waals surface area contributed by atoms with E-state index in [1.807, 2.05) is 19.1 Å². The van der Waals surface area contributed by atoms with Crippen LogP contribution in [0.1, 0.15) is 46.0 Å². The van der Waals surface area contributed by atoms with Gasteiger partial charge >= 0.3 is 0 Å². The third-order valence-electron chi connectivity index (χ3n) is 4.10. The lowest BCUT2D eigenvalue weighted by Crippen LogP contribution is -2.31. The molecule has 0 heterocycles. The zero-order valence-corrected chi connectivity index (χ0v) is 12.1. The molecule has 3 N–H and O–H groups in total. The van der Waals surface area contributed by atoms with Crippen molar-refractivity contribution < 1.29 is 4.74 Å². The molecule has 1 saturated carbocycles. The number of benzene rings is 1. The van der Waals surface area contributed by atoms with Gasteiger partial charge in [-0.25, -0.2) is 0 Å². The molecule has 0 bridgehead atoms. The van der Waals surface area contributed by atoms with E-state index in [-0.39, 0.29) is 0 Å². The molecule has 3 nitrogen and oxygen atoms in total. The van der Waals surface area contributed by atoms with Gasteiger partial charge in [-0.2, -0.15) is 0 Å². The summed E-state index contributed by atoms with van der Waals surface area (Å²) in [6, 6.07) is 6.60. The fourth-order valence-electron chi connectivity index (χ4n) is 3.01. The van der Waals surface area contributed by atoms with Gasteiger partial charge in [-0.15, -0.1) is 0 Å². The normalized spacial score (nSPS) is 23.1. The molecule has 2 unspecified atom stereocenters. The smallest absolute Gasteiger partial charge is 0.144 e. The number of nitrogens with one attached hydrogen (secondary N) is 1. The van der Waals surface area contributed by atoms with Crippen LogP contribution >= 0.6 is 0 Å². The van der Waals surface area contributed by atoms with Crippen molar-refractivity contribution >= 4 is 11.4 Å². The molecular formula is C16H26N2O. The first kappa shape index (κ1) is 14.0. The Balaban J connectivity index is 2.07. The Morgan fingerprint density at radius 1 is 1.26 bits per heavy atom. The zero-order chi connectivity index (χ0) is 13.7. The Morgan fingerprint density at radius 3 is 2.79 bits per heavy atom. The summed E-state index contributed by atoms with van der Waals surface area (Å²) in [7, 11) is 0. The monoisotopic (exact) mass is 262 g/mol. The molecule has 2 atom stereocenters. The number of ether oxygens (including phenoxy) is 1. The highest BCUT2D eigenvalue weighted by Crippen LogP contribution is 2.31. The van der Waals surface area contributed by atoms with Gasteiger partial charge in [0.2, 0.25) is 0 Å². The summed E-state index contributed by atoms with van der Waals surface area (Å²) in [5.74, 6) is 1.58. The summed E-state index contributed by atoms with van der Waals surface area (Å²) < 4.78 is 5.55. The molecule has 1 aliphatic carbocycles. The van der Waals surface area contributed by atoms with Gasteiger partial charge in [0.05, 0.1) is 12.3 Å². The molecule has 106 valence electrons. The number of hydrogen-bond acceptors (Lipinski definition) is 3. The van der Waals surface area contributed by atoms with Crippen LogP contribution in [0.25, 0.3) is 0 Å². The third-order valence-corrected chi connectivity index (χ3v) is 4.10. The minimum absolute atomic E-state index is 0.594. The first-order chi connectivity index (χ1) is 9.24. The van der Waals surface area contributed by atoms with Crippen molar-refractivity contribution in [2.24, 2.45) is 5.92 Å². The number of hydrogen-bond donors (Lipinski definition) is 2. The quantitative estimate of drug-likeness (QED) is 0.787. The molecule has 3 heteroatoms. The van der Waals surface area contributed by atoms with Gasteiger partial charge < -0.3 is 15.8 Å². The second-order valence-corrected chi connectivity index (χ2v) is 5.39. The first-order valence-electron chi connectivity index (χ1n) is 7.53.